The fourth-order valence-electron chi connectivity index (χ4n) is 1.64. The van der Waals surface area contributed by atoms with Crippen LogP contribution in [0.1, 0.15) is 37.8 Å². The quantitative estimate of drug-likeness (QED) is 0.737. The third kappa shape index (κ3) is 3.75. The van der Waals surface area contributed by atoms with Gasteiger partial charge in [-0.25, -0.2) is 4.39 Å². The Morgan fingerprint density at radius 1 is 1.47 bits per heavy atom. The van der Waals surface area contributed by atoms with Crippen molar-refractivity contribution in [1.82, 2.24) is 5.32 Å². The Kier molecular flexibility index (Phi) is 5.03. The number of hydrogen-bond acceptors (Lipinski definition) is 3. The molecule has 4 nitrogen and oxygen atoms in total. The predicted molar refractivity (Wildman–Crippen MR) is 70.5 cm³/mol. The van der Waals surface area contributed by atoms with Crippen LogP contribution in [0.15, 0.2) is 18.2 Å². The molecule has 0 bridgehead atoms. The van der Waals surface area contributed by atoms with Crippen molar-refractivity contribution >= 4 is 5.97 Å². The minimum Gasteiger partial charge on any atom is -0.480 e. The molecule has 0 aromatic heterocycles. The third-order valence-corrected chi connectivity index (χ3v) is 3.15. The van der Waals surface area contributed by atoms with Gasteiger partial charge in [0.1, 0.15) is 11.4 Å². The fraction of sp³-hybridized carbons (Fsp3) is 0.500. The number of nitrogens with one attached hydrogen (secondary N) is 1. The van der Waals surface area contributed by atoms with Crippen molar-refractivity contribution < 1.29 is 19.4 Å². The van der Waals surface area contributed by atoms with Gasteiger partial charge in [0, 0.05) is 6.54 Å². The monoisotopic (exact) mass is 269 g/mol. The maximum Gasteiger partial charge on any atom is 0.326 e. The molecule has 0 saturated heterocycles. The van der Waals surface area contributed by atoms with Gasteiger partial charge in [-0.3, -0.25) is 10.1 Å². The van der Waals surface area contributed by atoms with Gasteiger partial charge in [0.25, 0.3) is 0 Å². The van der Waals surface area contributed by atoms with E-state index in [1.807, 2.05) is 13.8 Å². The molecule has 0 spiro atoms. The smallest absolute Gasteiger partial charge is 0.326 e. The Balaban J connectivity index is 2.84. The number of halogens is 1. The zero-order chi connectivity index (χ0) is 14.6. The number of rotatable bonds is 6. The second-order valence-electron chi connectivity index (χ2n) is 5.16. The Morgan fingerprint density at radius 3 is 2.58 bits per heavy atom. The summed E-state index contributed by atoms with van der Waals surface area (Å²) in [7, 11) is 0. The van der Waals surface area contributed by atoms with Crippen molar-refractivity contribution in [2.75, 3.05) is 6.61 Å². The summed E-state index contributed by atoms with van der Waals surface area (Å²) in [6.07, 6.45) is 0. The molecule has 0 amide bonds. The first-order valence-electron chi connectivity index (χ1n) is 6.18. The molecule has 0 aliphatic heterocycles. The minimum atomic E-state index is -1.40. The van der Waals surface area contributed by atoms with Crippen LogP contribution in [0.4, 0.5) is 4.39 Å². The number of carboxylic acid groups (broad SMARTS) is 1. The second-order valence-corrected chi connectivity index (χ2v) is 5.16. The van der Waals surface area contributed by atoms with Gasteiger partial charge in [-0.1, -0.05) is 26.0 Å². The number of aliphatic hydroxyl groups excluding tert-OH is 1. The Morgan fingerprint density at radius 2 is 2.11 bits per heavy atom. The highest BCUT2D eigenvalue weighted by molar-refractivity contribution is 5.78. The summed E-state index contributed by atoms with van der Waals surface area (Å²) >= 11 is 0. The molecule has 1 atom stereocenters. The lowest BCUT2D eigenvalue weighted by molar-refractivity contribution is -0.145. The summed E-state index contributed by atoms with van der Waals surface area (Å²) in [5, 5.41) is 20.9. The molecule has 3 N–H and O–H groups in total. The lowest BCUT2D eigenvalue weighted by Crippen LogP contribution is -2.52. The van der Waals surface area contributed by atoms with E-state index >= 15 is 0 Å². The third-order valence-electron chi connectivity index (χ3n) is 3.15. The van der Waals surface area contributed by atoms with E-state index in [9.17, 15) is 9.18 Å². The highest BCUT2D eigenvalue weighted by Crippen LogP contribution is 2.20. The Labute approximate surface area is 112 Å². The summed E-state index contributed by atoms with van der Waals surface area (Å²) in [6, 6.07) is 4.70. The van der Waals surface area contributed by atoms with Crippen molar-refractivity contribution in [3.05, 3.63) is 35.1 Å². The van der Waals surface area contributed by atoms with Crippen LogP contribution in [0.3, 0.4) is 0 Å². The number of hydrogen-bond donors (Lipinski definition) is 3. The zero-order valence-corrected chi connectivity index (χ0v) is 11.4. The van der Waals surface area contributed by atoms with Crippen molar-refractivity contribution in [2.45, 2.75) is 38.8 Å². The largest absolute Gasteiger partial charge is 0.480 e. The molecule has 1 rings (SSSR count). The van der Waals surface area contributed by atoms with Gasteiger partial charge in [-0.15, -0.1) is 0 Å². The van der Waals surface area contributed by atoms with Crippen LogP contribution in [0.2, 0.25) is 0 Å². The van der Waals surface area contributed by atoms with Crippen molar-refractivity contribution in [2.24, 2.45) is 0 Å². The number of aliphatic carboxylic acids is 1. The lowest BCUT2D eigenvalue weighted by Gasteiger charge is -2.24. The van der Waals surface area contributed by atoms with Crippen LogP contribution in [-0.2, 0) is 11.3 Å². The van der Waals surface area contributed by atoms with Gasteiger partial charge in [0.05, 0.1) is 6.61 Å². The van der Waals surface area contributed by atoms with E-state index in [-0.39, 0.29) is 18.3 Å². The maximum absolute atomic E-state index is 13.5. The molecule has 0 saturated carbocycles. The Hall–Kier alpha value is -1.46. The van der Waals surface area contributed by atoms with Crippen LogP contribution in [0.5, 0.6) is 0 Å². The van der Waals surface area contributed by atoms with Gasteiger partial charge < -0.3 is 10.2 Å². The first-order chi connectivity index (χ1) is 8.80. The van der Waals surface area contributed by atoms with Crippen LogP contribution >= 0.6 is 0 Å². The molecular weight excluding hydrogens is 249 g/mol. The molecule has 0 aliphatic carbocycles. The number of carboxylic acids is 1. The standard InChI is InChI=1S/C14H20FNO3/c1-9(2)11-6-10(4-5-12(11)15)7-16-14(3,8-17)13(18)19/h4-6,9,16-17H,7-8H2,1-3H3,(H,18,19). The van der Waals surface area contributed by atoms with E-state index in [1.165, 1.54) is 13.0 Å². The summed E-state index contributed by atoms with van der Waals surface area (Å²) in [5.41, 5.74) is -0.0156. The van der Waals surface area contributed by atoms with Gasteiger partial charge in [-0.05, 0) is 30.0 Å². The average molecular weight is 269 g/mol. The van der Waals surface area contributed by atoms with E-state index in [0.717, 1.165) is 5.56 Å². The SMILES string of the molecule is CC(C)c1cc(CNC(C)(CO)C(=O)O)ccc1F. The number of aliphatic hydroxyl groups is 1. The molecule has 0 aliphatic rings. The van der Waals surface area contributed by atoms with Crippen LogP contribution in [0.25, 0.3) is 0 Å². The van der Waals surface area contributed by atoms with Crippen molar-refractivity contribution in [3.63, 3.8) is 0 Å². The van der Waals surface area contributed by atoms with E-state index in [4.69, 9.17) is 10.2 Å². The molecule has 0 heterocycles. The van der Waals surface area contributed by atoms with E-state index in [0.29, 0.717) is 5.56 Å². The Bertz CT molecular complexity index is 462. The zero-order valence-electron chi connectivity index (χ0n) is 11.4. The predicted octanol–water partition coefficient (Wildman–Crippen LogP) is 1.87. The second kappa shape index (κ2) is 6.12. The van der Waals surface area contributed by atoms with Gasteiger partial charge >= 0.3 is 5.97 Å². The van der Waals surface area contributed by atoms with Crippen LogP contribution in [-0.4, -0.2) is 28.3 Å². The molecule has 0 radical (unpaired) electrons. The minimum absolute atomic E-state index is 0.0589. The molecule has 106 valence electrons. The molecular formula is C14H20FNO3. The number of carbonyl (C=O) groups is 1. The van der Waals surface area contributed by atoms with E-state index in [1.54, 1.807) is 12.1 Å². The van der Waals surface area contributed by atoms with Gasteiger partial charge in [0.2, 0.25) is 0 Å². The average Bonchev–Trinajstić information content (AvgIpc) is 2.36. The topological polar surface area (TPSA) is 69.6 Å². The van der Waals surface area contributed by atoms with E-state index < -0.39 is 18.1 Å². The van der Waals surface area contributed by atoms with Crippen molar-refractivity contribution in [3.8, 4) is 0 Å². The molecule has 19 heavy (non-hydrogen) atoms. The van der Waals surface area contributed by atoms with Gasteiger partial charge in [0.15, 0.2) is 0 Å². The summed E-state index contributed by atoms with van der Waals surface area (Å²) in [6.45, 7) is 4.93. The first-order valence-corrected chi connectivity index (χ1v) is 6.18. The molecule has 1 unspecified atom stereocenters. The van der Waals surface area contributed by atoms with Crippen LogP contribution in [0, 0.1) is 5.82 Å². The van der Waals surface area contributed by atoms with Crippen LogP contribution < -0.4 is 5.32 Å². The number of benzene rings is 1. The maximum atomic E-state index is 13.5. The summed E-state index contributed by atoms with van der Waals surface area (Å²) in [4.78, 5) is 11.0. The molecule has 1 aromatic rings. The fourth-order valence-corrected chi connectivity index (χ4v) is 1.64. The van der Waals surface area contributed by atoms with Crippen molar-refractivity contribution in [1.29, 1.82) is 0 Å². The highest BCUT2D eigenvalue weighted by Gasteiger charge is 2.31. The molecule has 1 aromatic carbocycles. The normalized spacial score (nSPS) is 14.4. The molecule has 0 fully saturated rings. The van der Waals surface area contributed by atoms with E-state index in [2.05, 4.69) is 5.32 Å². The summed E-state index contributed by atoms with van der Waals surface area (Å²) < 4.78 is 13.5. The molecule has 5 heteroatoms. The summed E-state index contributed by atoms with van der Waals surface area (Å²) in [5.74, 6) is -1.33. The first kappa shape index (κ1) is 15.6. The highest BCUT2D eigenvalue weighted by atomic mass is 19.1. The lowest BCUT2D eigenvalue weighted by atomic mass is 9.99. The van der Waals surface area contributed by atoms with Gasteiger partial charge in [-0.2, -0.15) is 0 Å².